The highest BCUT2D eigenvalue weighted by atomic mass is 19.1. The first-order valence-electron chi connectivity index (χ1n) is 6.89. The first-order valence-corrected chi connectivity index (χ1v) is 6.89. The molecule has 106 valence electrons. The molecule has 1 saturated heterocycles. The molecule has 1 aliphatic rings. The third kappa shape index (κ3) is 3.74. The summed E-state index contributed by atoms with van der Waals surface area (Å²) in [7, 11) is 0. The molecule has 2 rings (SSSR count). The molecular weight excluding hydrogens is 246 g/mol. The number of benzene rings is 1. The lowest BCUT2D eigenvalue weighted by atomic mass is 9.92. The summed E-state index contributed by atoms with van der Waals surface area (Å²) in [6.07, 6.45) is 1.40. The minimum Gasteiger partial charge on any atom is -0.314 e. The maximum absolute atomic E-state index is 13.6. The van der Waals surface area contributed by atoms with E-state index >= 15 is 0 Å². The van der Waals surface area contributed by atoms with Gasteiger partial charge in [-0.1, -0.05) is 0 Å². The summed E-state index contributed by atoms with van der Waals surface area (Å²) < 4.78 is 26.7. The van der Waals surface area contributed by atoms with Crippen molar-refractivity contribution in [2.24, 2.45) is 0 Å². The zero-order valence-corrected chi connectivity index (χ0v) is 11.7. The summed E-state index contributed by atoms with van der Waals surface area (Å²) in [6.45, 7) is 8.37. The normalized spacial score (nSPS) is 17.7. The fraction of sp³-hybridized carbons (Fsp3) is 0.600. The Labute approximate surface area is 113 Å². The summed E-state index contributed by atoms with van der Waals surface area (Å²) in [5.41, 5.74) is 0.490. The van der Waals surface area contributed by atoms with E-state index in [1.54, 1.807) is 0 Å². The van der Waals surface area contributed by atoms with Gasteiger partial charge in [0.1, 0.15) is 11.6 Å². The van der Waals surface area contributed by atoms with Gasteiger partial charge in [-0.3, -0.25) is 4.90 Å². The lowest BCUT2D eigenvalue weighted by molar-refractivity contribution is 0.0957. The first kappa shape index (κ1) is 14.4. The predicted octanol–water partition coefficient (Wildman–Crippen LogP) is 2.58. The van der Waals surface area contributed by atoms with Crippen LogP contribution < -0.4 is 5.32 Å². The molecule has 0 aliphatic carbocycles. The first-order chi connectivity index (χ1) is 8.99. The number of hydrogen-bond acceptors (Lipinski definition) is 2. The minimum atomic E-state index is -0.364. The van der Waals surface area contributed by atoms with Crippen LogP contribution >= 0.6 is 0 Å². The second-order valence-electron chi connectivity index (χ2n) is 5.79. The number of nitrogens with one attached hydrogen (secondary N) is 1. The molecule has 0 aromatic heterocycles. The van der Waals surface area contributed by atoms with Crippen LogP contribution in [0.5, 0.6) is 0 Å². The van der Waals surface area contributed by atoms with Crippen molar-refractivity contribution in [2.45, 2.75) is 32.2 Å². The van der Waals surface area contributed by atoms with E-state index in [0.717, 1.165) is 32.6 Å². The SMILES string of the molecule is CC(C)(CCc1cc(F)ccc1F)N1CCNCC1. The van der Waals surface area contributed by atoms with Crippen LogP contribution in [0.3, 0.4) is 0 Å². The van der Waals surface area contributed by atoms with Gasteiger partial charge < -0.3 is 5.32 Å². The van der Waals surface area contributed by atoms with Crippen LogP contribution in [-0.2, 0) is 6.42 Å². The quantitative estimate of drug-likeness (QED) is 0.903. The third-order valence-corrected chi connectivity index (χ3v) is 3.99. The number of hydrogen-bond donors (Lipinski definition) is 1. The van der Waals surface area contributed by atoms with Gasteiger partial charge in [0.15, 0.2) is 0 Å². The van der Waals surface area contributed by atoms with Crippen LogP contribution in [0.1, 0.15) is 25.8 Å². The van der Waals surface area contributed by atoms with Crippen molar-refractivity contribution in [1.82, 2.24) is 10.2 Å². The van der Waals surface area contributed by atoms with Crippen molar-refractivity contribution in [1.29, 1.82) is 0 Å². The summed E-state index contributed by atoms with van der Waals surface area (Å²) in [4.78, 5) is 2.42. The molecule has 1 N–H and O–H groups in total. The van der Waals surface area contributed by atoms with Gasteiger partial charge in [0.05, 0.1) is 0 Å². The van der Waals surface area contributed by atoms with Gasteiger partial charge in [-0.15, -0.1) is 0 Å². The van der Waals surface area contributed by atoms with E-state index in [-0.39, 0.29) is 17.2 Å². The fourth-order valence-corrected chi connectivity index (χ4v) is 2.60. The maximum Gasteiger partial charge on any atom is 0.126 e. The summed E-state index contributed by atoms with van der Waals surface area (Å²) in [5.74, 6) is -0.672. The van der Waals surface area contributed by atoms with Gasteiger partial charge in [-0.2, -0.15) is 0 Å². The van der Waals surface area contributed by atoms with Crippen molar-refractivity contribution in [3.05, 3.63) is 35.4 Å². The Morgan fingerprint density at radius 1 is 1.21 bits per heavy atom. The molecule has 1 aromatic rings. The molecule has 0 amide bonds. The lowest BCUT2D eigenvalue weighted by Gasteiger charge is -2.41. The van der Waals surface area contributed by atoms with E-state index in [2.05, 4.69) is 24.1 Å². The number of aryl methyl sites for hydroxylation is 1. The number of nitrogens with zero attached hydrogens (tertiary/aromatic N) is 1. The molecule has 0 spiro atoms. The Hall–Kier alpha value is -1.00. The van der Waals surface area contributed by atoms with Crippen molar-refractivity contribution in [3.63, 3.8) is 0 Å². The number of rotatable bonds is 4. The maximum atomic E-state index is 13.6. The van der Waals surface area contributed by atoms with Crippen LogP contribution in [-0.4, -0.2) is 36.6 Å². The number of halogens is 2. The molecule has 1 aromatic carbocycles. The van der Waals surface area contributed by atoms with Gasteiger partial charge in [0, 0.05) is 31.7 Å². The molecule has 0 radical (unpaired) electrons. The Kier molecular flexibility index (Phi) is 4.53. The average molecular weight is 268 g/mol. The van der Waals surface area contributed by atoms with Crippen LogP contribution in [0.2, 0.25) is 0 Å². The molecule has 2 nitrogen and oxygen atoms in total. The average Bonchev–Trinajstić information content (AvgIpc) is 2.41. The molecule has 1 fully saturated rings. The Morgan fingerprint density at radius 3 is 2.58 bits per heavy atom. The van der Waals surface area contributed by atoms with Crippen LogP contribution in [0, 0.1) is 11.6 Å². The number of piperazine rings is 1. The second-order valence-corrected chi connectivity index (χ2v) is 5.79. The smallest absolute Gasteiger partial charge is 0.126 e. The van der Waals surface area contributed by atoms with E-state index < -0.39 is 0 Å². The van der Waals surface area contributed by atoms with Crippen molar-refractivity contribution in [3.8, 4) is 0 Å². The van der Waals surface area contributed by atoms with Crippen LogP contribution in [0.25, 0.3) is 0 Å². The fourth-order valence-electron chi connectivity index (χ4n) is 2.60. The molecule has 0 unspecified atom stereocenters. The molecule has 0 bridgehead atoms. The zero-order valence-electron chi connectivity index (χ0n) is 11.7. The Bertz CT molecular complexity index is 426. The molecule has 1 heterocycles. The highest BCUT2D eigenvalue weighted by Crippen LogP contribution is 2.23. The van der Waals surface area contributed by atoms with Gasteiger partial charge in [0.25, 0.3) is 0 Å². The summed E-state index contributed by atoms with van der Waals surface area (Å²) >= 11 is 0. The molecule has 0 saturated carbocycles. The highest BCUT2D eigenvalue weighted by molar-refractivity contribution is 5.19. The second kappa shape index (κ2) is 5.97. The molecule has 1 aliphatic heterocycles. The van der Waals surface area contributed by atoms with Gasteiger partial charge in [-0.05, 0) is 50.5 Å². The Balaban J connectivity index is 1.98. The summed E-state index contributed by atoms with van der Waals surface area (Å²) in [6, 6.07) is 3.69. The van der Waals surface area contributed by atoms with Crippen molar-refractivity contribution in [2.75, 3.05) is 26.2 Å². The predicted molar refractivity (Wildman–Crippen MR) is 73.2 cm³/mol. The van der Waals surface area contributed by atoms with Crippen LogP contribution in [0.4, 0.5) is 8.78 Å². The molecule has 4 heteroatoms. The molecule has 19 heavy (non-hydrogen) atoms. The minimum absolute atomic E-state index is 0.0147. The largest absolute Gasteiger partial charge is 0.314 e. The third-order valence-electron chi connectivity index (χ3n) is 3.99. The molecular formula is C15H22F2N2. The Morgan fingerprint density at radius 2 is 1.89 bits per heavy atom. The zero-order chi connectivity index (χ0) is 13.9. The lowest BCUT2D eigenvalue weighted by Crippen LogP contribution is -2.53. The summed E-state index contributed by atoms with van der Waals surface area (Å²) in [5, 5.41) is 3.33. The van der Waals surface area contributed by atoms with Crippen molar-refractivity contribution >= 4 is 0 Å². The van der Waals surface area contributed by atoms with Gasteiger partial charge in [-0.25, -0.2) is 8.78 Å². The van der Waals surface area contributed by atoms with Gasteiger partial charge in [0.2, 0.25) is 0 Å². The highest BCUT2D eigenvalue weighted by Gasteiger charge is 2.27. The van der Waals surface area contributed by atoms with E-state index in [4.69, 9.17) is 0 Å². The van der Waals surface area contributed by atoms with Crippen LogP contribution in [0.15, 0.2) is 18.2 Å². The van der Waals surface area contributed by atoms with E-state index in [1.807, 2.05) is 0 Å². The standard InChI is InChI=1S/C15H22F2N2/c1-15(2,19-9-7-18-8-10-19)6-5-12-11-13(16)3-4-14(12)17/h3-4,11,18H,5-10H2,1-2H3. The molecule has 0 atom stereocenters. The monoisotopic (exact) mass is 268 g/mol. The van der Waals surface area contributed by atoms with Gasteiger partial charge >= 0.3 is 0 Å². The topological polar surface area (TPSA) is 15.3 Å². The van der Waals surface area contributed by atoms with E-state index in [9.17, 15) is 8.78 Å². The van der Waals surface area contributed by atoms with E-state index in [1.165, 1.54) is 18.2 Å². The van der Waals surface area contributed by atoms with Crippen molar-refractivity contribution < 1.29 is 8.78 Å². The van der Waals surface area contributed by atoms with E-state index in [0.29, 0.717) is 12.0 Å².